The van der Waals surface area contributed by atoms with Gasteiger partial charge in [0.1, 0.15) is 24.9 Å². The minimum absolute atomic E-state index is 0.174. The van der Waals surface area contributed by atoms with E-state index in [0.717, 1.165) is 0 Å². The van der Waals surface area contributed by atoms with Crippen LogP contribution in [-0.4, -0.2) is 48.1 Å². The Hall–Kier alpha value is -2.45. The molecule has 0 spiro atoms. The summed E-state index contributed by atoms with van der Waals surface area (Å²) in [6, 6.07) is 0. The molecule has 0 saturated carbocycles. The fourth-order valence-corrected chi connectivity index (χ4v) is 3.04. The second kappa shape index (κ2) is 8.96. The van der Waals surface area contributed by atoms with Gasteiger partial charge in [-0.15, -0.1) is 0 Å². The molecule has 0 aromatic rings. The second-order valence-electron chi connectivity index (χ2n) is 6.60. The Morgan fingerprint density at radius 3 is 2.48 bits per heavy atom. The molecular formula is C19H24O8. The number of hydrogen-bond donors (Lipinski definition) is 1. The molecule has 8 nitrogen and oxygen atoms in total. The quantitative estimate of drug-likeness (QED) is 0.260. The van der Waals surface area contributed by atoms with Crippen molar-refractivity contribution in [1.29, 1.82) is 0 Å². The average Bonchev–Trinajstić information content (AvgIpc) is 2.87. The minimum Gasteiger partial charge on any atom is -0.461 e. The van der Waals surface area contributed by atoms with Gasteiger partial charge in [0.15, 0.2) is 0 Å². The van der Waals surface area contributed by atoms with E-state index in [-0.39, 0.29) is 18.6 Å². The number of fused-ring (bicyclic) bond motifs is 1. The first-order valence-electron chi connectivity index (χ1n) is 8.61. The lowest BCUT2D eigenvalue weighted by Gasteiger charge is -2.25. The van der Waals surface area contributed by atoms with Crippen molar-refractivity contribution in [3.63, 3.8) is 0 Å². The van der Waals surface area contributed by atoms with Crippen LogP contribution >= 0.6 is 0 Å². The summed E-state index contributed by atoms with van der Waals surface area (Å²) in [4.78, 5) is 39.4. The fourth-order valence-electron chi connectivity index (χ4n) is 3.04. The van der Waals surface area contributed by atoms with Gasteiger partial charge in [-0.2, -0.15) is 0 Å². The van der Waals surface area contributed by atoms with Crippen molar-refractivity contribution in [3.8, 4) is 0 Å². The van der Waals surface area contributed by atoms with Crippen LogP contribution in [0.25, 0.3) is 0 Å². The monoisotopic (exact) mass is 380 g/mol. The zero-order valence-corrected chi connectivity index (χ0v) is 15.8. The fraction of sp³-hybridized carbons (Fsp3) is 0.526. The molecule has 0 saturated heterocycles. The summed E-state index contributed by atoms with van der Waals surface area (Å²) >= 11 is 0. The summed E-state index contributed by atoms with van der Waals surface area (Å²) in [5.41, 5.74) is 2.31. The lowest BCUT2D eigenvalue weighted by atomic mass is 9.92. The number of hydrogen-bond acceptors (Lipinski definition) is 8. The predicted octanol–water partition coefficient (Wildman–Crippen LogP) is 2.25. The Balaban J connectivity index is 2.45. The number of ether oxygens (including phenoxy) is 3. The number of carbonyl (C=O) groups is 3. The van der Waals surface area contributed by atoms with Crippen molar-refractivity contribution in [3.05, 3.63) is 34.4 Å². The molecule has 1 N–H and O–H groups in total. The highest BCUT2D eigenvalue weighted by Crippen LogP contribution is 2.31. The summed E-state index contributed by atoms with van der Waals surface area (Å²) in [5, 5.41) is 9.26. The van der Waals surface area contributed by atoms with Gasteiger partial charge in [-0.1, -0.05) is 6.08 Å². The zero-order valence-electron chi connectivity index (χ0n) is 15.8. The molecule has 1 heterocycles. The van der Waals surface area contributed by atoms with E-state index >= 15 is 0 Å². The largest absolute Gasteiger partial charge is 0.461 e. The van der Waals surface area contributed by atoms with Crippen molar-refractivity contribution in [2.45, 2.75) is 58.8 Å². The van der Waals surface area contributed by atoms with Crippen LogP contribution in [-0.2, 0) is 33.5 Å². The van der Waals surface area contributed by atoms with E-state index in [1.54, 1.807) is 26.0 Å². The van der Waals surface area contributed by atoms with Gasteiger partial charge in [0, 0.05) is 20.3 Å². The van der Waals surface area contributed by atoms with Crippen molar-refractivity contribution in [1.82, 2.24) is 0 Å². The van der Waals surface area contributed by atoms with E-state index in [0.29, 0.717) is 23.1 Å². The smallest absolute Gasteiger partial charge is 0.338 e. The maximum atomic E-state index is 12.2. The molecule has 1 aliphatic carbocycles. The van der Waals surface area contributed by atoms with E-state index in [9.17, 15) is 19.6 Å². The lowest BCUT2D eigenvalue weighted by molar-refractivity contribution is -0.272. The molecule has 2 rings (SSSR count). The van der Waals surface area contributed by atoms with Crippen LogP contribution in [0.5, 0.6) is 0 Å². The molecule has 3 atom stereocenters. The van der Waals surface area contributed by atoms with E-state index in [1.807, 2.05) is 0 Å². The summed E-state index contributed by atoms with van der Waals surface area (Å²) in [6.07, 6.45) is 2.12. The molecule has 8 heteroatoms. The van der Waals surface area contributed by atoms with Gasteiger partial charge in [-0.25, -0.2) is 9.68 Å². The van der Waals surface area contributed by atoms with Crippen molar-refractivity contribution in [2.75, 3.05) is 6.61 Å². The molecular weight excluding hydrogens is 356 g/mol. The molecule has 0 aromatic heterocycles. The molecule has 0 fully saturated rings. The lowest BCUT2D eigenvalue weighted by Crippen LogP contribution is -2.27. The summed E-state index contributed by atoms with van der Waals surface area (Å²) in [6.45, 7) is 5.90. The maximum Gasteiger partial charge on any atom is 0.338 e. The summed E-state index contributed by atoms with van der Waals surface area (Å²) in [5.74, 6) is -1.52. The van der Waals surface area contributed by atoms with E-state index < -0.39 is 36.2 Å². The van der Waals surface area contributed by atoms with Crippen LogP contribution in [0.3, 0.4) is 0 Å². The molecule has 0 aromatic carbocycles. The van der Waals surface area contributed by atoms with E-state index in [2.05, 4.69) is 4.89 Å². The predicted molar refractivity (Wildman–Crippen MR) is 93.3 cm³/mol. The van der Waals surface area contributed by atoms with Crippen LogP contribution in [0.4, 0.5) is 0 Å². The SMILES string of the molecule is CC(=O)OCC1=C2C/C=C(/C)[C@@H](OO)C[C@H](OC(C)=O)/C(C)=C/[C@H]2OC1=O. The third-order valence-corrected chi connectivity index (χ3v) is 4.57. The third kappa shape index (κ3) is 5.27. The second-order valence-corrected chi connectivity index (χ2v) is 6.60. The van der Waals surface area contributed by atoms with Crippen LogP contribution in [0.1, 0.15) is 40.5 Å². The number of rotatable bonds is 4. The summed E-state index contributed by atoms with van der Waals surface area (Å²) in [7, 11) is 0. The van der Waals surface area contributed by atoms with Gasteiger partial charge in [-0.05, 0) is 43.1 Å². The van der Waals surface area contributed by atoms with Crippen molar-refractivity contribution < 1.29 is 38.7 Å². The Bertz CT molecular complexity index is 715. The zero-order chi connectivity index (χ0) is 20.1. The van der Waals surface area contributed by atoms with Crippen LogP contribution in [0.15, 0.2) is 34.4 Å². The first kappa shape index (κ1) is 20.9. The topological polar surface area (TPSA) is 108 Å². The maximum absolute atomic E-state index is 12.2. The molecule has 0 bridgehead atoms. The highest BCUT2D eigenvalue weighted by atomic mass is 17.1. The van der Waals surface area contributed by atoms with Gasteiger partial charge in [0.2, 0.25) is 0 Å². The highest BCUT2D eigenvalue weighted by molar-refractivity contribution is 5.93. The minimum atomic E-state index is -0.676. The number of allylic oxidation sites excluding steroid dienone is 1. The first-order valence-corrected chi connectivity index (χ1v) is 8.61. The standard InChI is InChI=1S/C19H24O8/c1-10-5-6-14-15(9-24-12(3)20)19(22)26-18(14)7-11(2)16(25-13(4)21)8-17(10)27-23/h5,7,16-18,23H,6,8-9H2,1-4H3/b10-5-,11-7+/t16-,17-,18+/m0/s1. The molecule has 0 radical (unpaired) electrons. The Labute approximate surface area is 157 Å². The van der Waals surface area contributed by atoms with Gasteiger partial charge in [-0.3, -0.25) is 14.8 Å². The molecule has 148 valence electrons. The Morgan fingerprint density at radius 2 is 1.89 bits per heavy atom. The van der Waals surface area contributed by atoms with Crippen LogP contribution in [0, 0.1) is 0 Å². The number of esters is 3. The molecule has 1 aliphatic heterocycles. The van der Waals surface area contributed by atoms with Crippen molar-refractivity contribution >= 4 is 17.9 Å². The molecule has 0 unspecified atom stereocenters. The van der Waals surface area contributed by atoms with Gasteiger partial charge in [0.05, 0.1) is 5.57 Å². The highest BCUT2D eigenvalue weighted by Gasteiger charge is 2.34. The van der Waals surface area contributed by atoms with E-state index in [1.165, 1.54) is 13.8 Å². The number of carbonyl (C=O) groups excluding carboxylic acids is 3. The first-order chi connectivity index (χ1) is 12.7. The van der Waals surface area contributed by atoms with Crippen molar-refractivity contribution in [2.24, 2.45) is 0 Å². The average molecular weight is 380 g/mol. The Kier molecular flexibility index (Phi) is 6.92. The van der Waals surface area contributed by atoms with E-state index in [4.69, 9.17) is 14.2 Å². The normalized spacial score (nSPS) is 29.7. The molecule has 27 heavy (non-hydrogen) atoms. The van der Waals surface area contributed by atoms with Crippen LogP contribution in [0.2, 0.25) is 0 Å². The van der Waals surface area contributed by atoms with Gasteiger partial charge >= 0.3 is 17.9 Å². The third-order valence-electron chi connectivity index (χ3n) is 4.57. The summed E-state index contributed by atoms with van der Waals surface area (Å²) < 4.78 is 15.7. The van der Waals surface area contributed by atoms with Gasteiger partial charge in [0.25, 0.3) is 0 Å². The van der Waals surface area contributed by atoms with Crippen LogP contribution < -0.4 is 0 Å². The molecule has 0 amide bonds. The molecule has 2 aliphatic rings. The van der Waals surface area contributed by atoms with Gasteiger partial charge < -0.3 is 14.2 Å². The Morgan fingerprint density at radius 1 is 1.19 bits per heavy atom.